The fraction of sp³-hybridized carbons (Fsp3) is 0.300. The van der Waals surface area contributed by atoms with E-state index in [1.165, 1.54) is 12.0 Å². The van der Waals surface area contributed by atoms with E-state index < -0.39 is 0 Å². The molecule has 0 aliphatic rings. The number of benzene rings is 2. The number of carbonyl (C=O) groups excluding carboxylic acids is 2. The largest absolute Gasteiger partial charge is 0.493 e. The van der Waals surface area contributed by atoms with Gasteiger partial charge in [0, 0.05) is 17.5 Å². The second-order valence-corrected chi connectivity index (χ2v) is 6.56. The van der Waals surface area contributed by atoms with Gasteiger partial charge in [0.15, 0.2) is 11.5 Å². The molecule has 0 radical (unpaired) electrons. The highest BCUT2D eigenvalue weighted by atomic mass is 32.2. The number of nitrogens with zero attached hydrogens (tertiary/aromatic N) is 1. The molecular formula is C20H24N2O4S. The molecule has 1 N–H and O–H groups in total. The molecule has 0 saturated carbocycles. The van der Waals surface area contributed by atoms with E-state index in [1.54, 1.807) is 37.0 Å². The minimum Gasteiger partial charge on any atom is -0.493 e. The van der Waals surface area contributed by atoms with Crippen LogP contribution in [0.25, 0.3) is 0 Å². The lowest BCUT2D eigenvalue weighted by atomic mass is 10.1. The molecule has 0 atom stereocenters. The molecule has 6 nitrogen and oxygen atoms in total. The summed E-state index contributed by atoms with van der Waals surface area (Å²) < 4.78 is 10.7. The number of carbonyl (C=O) groups is 2. The zero-order valence-corrected chi connectivity index (χ0v) is 16.8. The van der Waals surface area contributed by atoms with Crippen LogP contribution in [0.5, 0.6) is 11.5 Å². The van der Waals surface area contributed by atoms with Crippen LogP contribution in [0.1, 0.15) is 17.3 Å². The van der Waals surface area contributed by atoms with Crippen molar-refractivity contribution >= 4 is 29.3 Å². The van der Waals surface area contributed by atoms with Gasteiger partial charge in [-0.3, -0.25) is 9.59 Å². The standard InChI is InChI=1S/C20H24N2O4S/c1-5-26-16-11-10-14(12-17(16)25-3)20(24)22(2)13-19(23)21-15-8-6-7-9-18(15)27-4/h6-12H,5,13H2,1-4H3,(H,21,23). The third-order valence-electron chi connectivity index (χ3n) is 3.82. The predicted octanol–water partition coefficient (Wildman–Crippen LogP) is 3.53. The number of hydrogen-bond acceptors (Lipinski definition) is 5. The zero-order valence-electron chi connectivity index (χ0n) is 15.9. The molecule has 2 amide bonds. The summed E-state index contributed by atoms with van der Waals surface area (Å²) in [6.07, 6.45) is 1.94. The molecule has 2 aromatic rings. The number of ether oxygens (including phenoxy) is 2. The number of likely N-dealkylation sites (N-methyl/N-ethyl adjacent to an activating group) is 1. The molecule has 144 valence electrons. The summed E-state index contributed by atoms with van der Waals surface area (Å²) in [5.74, 6) is 0.523. The number of para-hydroxylation sites is 1. The van der Waals surface area contributed by atoms with Crippen LogP contribution in [0.4, 0.5) is 5.69 Å². The first-order valence-electron chi connectivity index (χ1n) is 8.49. The molecule has 2 rings (SSSR count). The van der Waals surface area contributed by atoms with Gasteiger partial charge in [-0.2, -0.15) is 0 Å². The Hall–Kier alpha value is -2.67. The highest BCUT2D eigenvalue weighted by Crippen LogP contribution is 2.28. The third-order valence-corrected chi connectivity index (χ3v) is 4.61. The molecule has 0 fully saturated rings. The molecule has 27 heavy (non-hydrogen) atoms. The van der Waals surface area contributed by atoms with Crippen molar-refractivity contribution in [2.45, 2.75) is 11.8 Å². The lowest BCUT2D eigenvalue weighted by Gasteiger charge is -2.18. The first-order valence-corrected chi connectivity index (χ1v) is 9.71. The van der Waals surface area contributed by atoms with E-state index in [2.05, 4.69) is 5.32 Å². The van der Waals surface area contributed by atoms with E-state index in [-0.39, 0.29) is 18.4 Å². The Morgan fingerprint density at radius 3 is 2.56 bits per heavy atom. The quantitative estimate of drug-likeness (QED) is 0.701. The van der Waals surface area contributed by atoms with Crippen molar-refractivity contribution in [3.05, 3.63) is 48.0 Å². The first-order chi connectivity index (χ1) is 13.0. The molecule has 0 unspecified atom stereocenters. The number of anilines is 1. The van der Waals surface area contributed by atoms with Gasteiger partial charge in [0.1, 0.15) is 0 Å². The Morgan fingerprint density at radius 1 is 1.15 bits per heavy atom. The summed E-state index contributed by atoms with van der Waals surface area (Å²) in [4.78, 5) is 27.3. The summed E-state index contributed by atoms with van der Waals surface area (Å²) >= 11 is 1.55. The first kappa shape index (κ1) is 20.6. The van der Waals surface area contributed by atoms with Crippen molar-refractivity contribution < 1.29 is 19.1 Å². The SMILES string of the molecule is CCOc1ccc(C(=O)N(C)CC(=O)Nc2ccccc2SC)cc1OC. The van der Waals surface area contributed by atoms with E-state index in [0.717, 1.165) is 10.6 Å². The van der Waals surface area contributed by atoms with Crippen LogP contribution in [0.2, 0.25) is 0 Å². The molecular weight excluding hydrogens is 364 g/mol. The summed E-state index contributed by atoms with van der Waals surface area (Å²) in [5, 5.41) is 2.85. The van der Waals surface area contributed by atoms with E-state index in [0.29, 0.717) is 23.7 Å². The predicted molar refractivity (Wildman–Crippen MR) is 108 cm³/mol. The van der Waals surface area contributed by atoms with Crippen molar-refractivity contribution in [1.82, 2.24) is 4.90 Å². The van der Waals surface area contributed by atoms with E-state index in [1.807, 2.05) is 37.4 Å². The second kappa shape index (κ2) is 9.87. The molecule has 0 saturated heterocycles. The van der Waals surface area contributed by atoms with Crippen LogP contribution in [-0.2, 0) is 4.79 Å². The average molecular weight is 388 g/mol. The van der Waals surface area contributed by atoms with Crippen molar-refractivity contribution in [3.8, 4) is 11.5 Å². The van der Waals surface area contributed by atoms with Crippen LogP contribution in [0.3, 0.4) is 0 Å². The monoisotopic (exact) mass is 388 g/mol. The van der Waals surface area contributed by atoms with Crippen LogP contribution in [0.15, 0.2) is 47.4 Å². The Labute approximate surface area is 163 Å². The Morgan fingerprint density at radius 2 is 1.89 bits per heavy atom. The van der Waals surface area contributed by atoms with Gasteiger partial charge in [-0.05, 0) is 43.5 Å². The Bertz CT molecular complexity index is 810. The highest BCUT2D eigenvalue weighted by molar-refractivity contribution is 7.98. The number of methoxy groups -OCH3 is 1. The van der Waals surface area contributed by atoms with Crippen molar-refractivity contribution in [3.63, 3.8) is 0 Å². The van der Waals surface area contributed by atoms with Gasteiger partial charge in [0.25, 0.3) is 5.91 Å². The molecule has 7 heteroatoms. The maximum absolute atomic E-state index is 12.6. The third kappa shape index (κ3) is 5.40. The number of hydrogen-bond donors (Lipinski definition) is 1. The maximum atomic E-state index is 12.6. The summed E-state index contributed by atoms with van der Waals surface area (Å²) in [7, 11) is 3.11. The van der Waals surface area contributed by atoms with E-state index in [9.17, 15) is 9.59 Å². The van der Waals surface area contributed by atoms with Crippen molar-refractivity contribution in [2.75, 3.05) is 38.9 Å². The van der Waals surface area contributed by atoms with Crippen LogP contribution >= 0.6 is 11.8 Å². The number of nitrogens with one attached hydrogen (secondary N) is 1. The Kier molecular flexibility index (Phi) is 7.55. The normalized spacial score (nSPS) is 10.2. The molecule has 0 aliphatic carbocycles. The molecule has 0 heterocycles. The van der Waals surface area contributed by atoms with Gasteiger partial charge in [0.05, 0.1) is 25.9 Å². The minimum atomic E-state index is -0.273. The topological polar surface area (TPSA) is 67.9 Å². The number of thioether (sulfide) groups is 1. The van der Waals surface area contributed by atoms with Gasteiger partial charge in [-0.15, -0.1) is 11.8 Å². The molecule has 0 spiro atoms. The lowest BCUT2D eigenvalue weighted by Crippen LogP contribution is -2.35. The van der Waals surface area contributed by atoms with Gasteiger partial charge < -0.3 is 19.7 Å². The fourth-order valence-corrected chi connectivity index (χ4v) is 3.07. The van der Waals surface area contributed by atoms with Gasteiger partial charge in [-0.1, -0.05) is 12.1 Å². The van der Waals surface area contributed by atoms with Crippen LogP contribution in [0, 0.1) is 0 Å². The number of amides is 2. The van der Waals surface area contributed by atoms with Gasteiger partial charge >= 0.3 is 0 Å². The van der Waals surface area contributed by atoms with Crippen molar-refractivity contribution in [1.29, 1.82) is 0 Å². The van der Waals surface area contributed by atoms with Crippen molar-refractivity contribution in [2.24, 2.45) is 0 Å². The fourth-order valence-electron chi connectivity index (χ4n) is 2.52. The highest BCUT2D eigenvalue weighted by Gasteiger charge is 2.18. The average Bonchev–Trinajstić information content (AvgIpc) is 2.68. The molecule has 2 aromatic carbocycles. The molecule has 0 aromatic heterocycles. The van der Waals surface area contributed by atoms with Crippen LogP contribution in [-0.4, -0.2) is 50.3 Å². The maximum Gasteiger partial charge on any atom is 0.254 e. The Balaban J connectivity index is 2.05. The molecule has 0 aliphatic heterocycles. The smallest absolute Gasteiger partial charge is 0.254 e. The number of rotatable bonds is 8. The summed E-state index contributed by atoms with van der Waals surface area (Å²) in [5.41, 5.74) is 1.16. The van der Waals surface area contributed by atoms with Gasteiger partial charge in [0.2, 0.25) is 5.91 Å². The molecule has 0 bridgehead atoms. The zero-order chi connectivity index (χ0) is 19.8. The van der Waals surface area contributed by atoms with E-state index in [4.69, 9.17) is 9.47 Å². The van der Waals surface area contributed by atoms with Crippen LogP contribution < -0.4 is 14.8 Å². The van der Waals surface area contributed by atoms with Gasteiger partial charge in [-0.25, -0.2) is 0 Å². The lowest BCUT2D eigenvalue weighted by molar-refractivity contribution is -0.116. The minimum absolute atomic E-state index is 0.0585. The van der Waals surface area contributed by atoms with E-state index >= 15 is 0 Å². The summed E-state index contributed by atoms with van der Waals surface area (Å²) in [6.45, 7) is 2.32. The summed E-state index contributed by atoms with van der Waals surface area (Å²) in [6, 6.07) is 12.5. The second-order valence-electron chi connectivity index (χ2n) is 5.71.